The van der Waals surface area contributed by atoms with Crippen molar-refractivity contribution in [1.82, 2.24) is 24.6 Å². The first-order chi connectivity index (χ1) is 15.1. The van der Waals surface area contributed by atoms with Crippen LogP contribution in [0.2, 0.25) is 0 Å². The topological polar surface area (TPSA) is 48.7 Å². The molecule has 3 aliphatic rings. The molecule has 0 radical (unpaired) electrons. The lowest BCUT2D eigenvalue weighted by Gasteiger charge is -2.39. The number of likely N-dealkylation sites (tertiary alicyclic amines) is 1. The lowest BCUT2D eigenvalue weighted by atomic mass is 9.91. The van der Waals surface area contributed by atoms with Gasteiger partial charge in [-0.3, -0.25) is 14.3 Å². The third-order valence-electron chi connectivity index (χ3n) is 7.69. The number of hydrogen-bond acceptors (Lipinski definition) is 5. The summed E-state index contributed by atoms with van der Waals surface area (Å²) in [6.07, 6.45) is 10.3. The molecule has 2 unspecified atom stereocenters. The van der Waals surface area contributed by atoms with E-state index in [1.54, 1.807) is 0 Å². The number of nitrogens with one attached hydrogen (secondary N) is 1. The number of piperidine rings is 1. The Morgan fingerprint density at radius 2 is 1.97 bits per heavy atom. The third-order valence-corrected chi connectivity index (χ3v) is 7.69. The third kappa shape index (κ3) is 3.33. The summed E-state index contributed by atoms with van der Waals surface area (Å²) in [6.45, 7) is 5.40. The number of anilines is 1. The second-order valence-electron chi connectivity index (χ2n) is 9.74. The Balaban J connectivity index is 1.32. The number of imidazole rings is 1. The maximum absolute atomic E-state index is 5.10. The second-order valence-corrected chi connectivity index (χ2v) is 9.74. The average molecular weight is 417 g/mol. The van der Waals surface area contributed by atoms with Gasteiger partial charge in [-0.1, -0.05) is 12.1 Å². The molecule has 1 aliphatic carbocycles. The summed E-state index contributed by atoms with van der Waals surface area (Å²) in [5, 5.41) is 3.73. The summed E-state index contributed by atoms with van der Waals surface area (Å²) in [5.41, 5.74) is 5.10. The summed E-state index contributed by atoms with van der Waals surface area (Å²) in [7, 11) is 2.25. The van der Waals surface area contributed by atoms with E-state index in [0.29, 0.717) is 17.6 Å². The van der Waals surface area contributed by atoms with Crippen LogP contribution in [-0.4, -0.2) is 51.5 Å². The highest BCUT2D eigenvalue weighted by molar-refractivity contribution is 5.54. The van der Waals surface area contributed by atoms with E-state index in [4.69, 9.17) is 9.97 Å². The Kier molecular flexibility index (Phi) is 4.54. The van der Waals surface area contributed by atoms with Crippen molar-refractivity contribution in [2.75, 3.05) is 31.6 Å². The Hall–Kier alpha value is -2.44. The van der Waals surface area contributed by atoms with Crippen LogP contribution < -0.4 is 10.2 Å². The fourth-order valence-electron chi connectivity index (χ4n) is 5.73. The van der Waals surface area contributed by atoms with Crippen molar-refractivity contribution in [3.05, 3.63) is 59.7 Å². The minimum absolute atomic E-state index is 0.325. The molecule has 2 aliphatic heterocycles. The van der Waals surface area contributed by atoms with Crippen molar-refractivity contribution in [2.24, 2.45) is 0 Å². The van der Waals surface area contributed by atoms with Gasteiger partial charge in [0.05, 0.1) is 23.5 Å². The molecule has 31 heavy (non-hydrogen) atoms. The number of fused-ring (bicyclic) bond motifs is 1. The lowest BCUT2D eigenvalue weighted by molar-refractivity contribution is 0.109. The fourth-order valence-corrected chi connectivity index (χ4v) is 5.73. The molecule has 0 aromatic carbocycles. The van der Waals surface area contributed by atoms with E-state index >= 15 is 0 Å². The van der Waals surface area contributed by atoms with Crippen molar-refractivity contribution in [1.29, 1.82) is 0 Å². The van der Waals surface area contributed by atoms with Gasteiger partial charge in [-0.2, -0.15) is 0 Å². The van der Waals surface area contributed by atoms with Gasteiger partial charge in [0.25, 0.3) is 0 Å². The van der Waals surface area contributed by atoms with Gasteiger partial charge in [-0.25, -0.2) is 4.98 Å². The van der Waals surface area contributed by atoms with Crippen LogP contribution in [0.4, 0.5) is 5.82 Å². The summed E-state index contributed by atoms with van der Waals surface area (Å²) in [4.78, 5) is 14.9. The monoisotopic (exact) mass is 416 g/mol. The fraction of sp³-hybridized carbons (Fsp3) is 0.520. The Labute approximate surface area is 184 Å². The zero-order valence-electron chi connectivity index (χ0n) is 18.6. The molecular weight excluding hydrogens is 384 g/mol. The summed E-state index contributed by atoms with van der Waals surface area (Å²) < 4.78 is 2.32. The number of rotatable bonds is 3. The smallest absolute Gasteiger partial charge is 0.138 e. The molecule has 3 aromatic heterocycles. The van der Waals surface area contributed by atoms with Crippen LogP contribution in [0, 0.1) is 6.92 Å². The van der Waals surface area contributed by atoms with E-state index in [2.05, 4.69) is 64.0 Å². The number of aryl methyl sites for hydroxylation is 1. The number of nitrogens with zero attached hydrogens (tertiary/aromatic N) is 5. The molecule has 0 amide bonds. The standard InChI is InChI=1S/C25H32N6/c1-18-6-5-13-26-24(18)21-8-3-7-20(29(21)2)19-16-31-22(28-19)9-4-10-23(31)30-15-14-27-25(17-30)11-12-25/h4-6,9-10,13,16,20-21,27H,3,7-8,11-12,14-15,17H2,1-2H3. The average Bonchev–Trinajstić information content (AvgIpc) is 3.37. The Morgan fingerprint density at radius 1 is 1.10 bits per heavy atom. The van der Waals surface area contributed by atoms with Crippen molar-refractivity contribution < 1.29 is 0 Å². The van der Waals surface area contributed by atoms with Crippen LogP contribution in [0.1, 0.15) is 61.1 Å². The largest absolute Gasteiger partial charge is 0.355 e. The first-order valence-corrected chi connectivity index (χ1v) is 11.8. The minimum Gasteiger partial charge on any atom is -0.355 e. The highest BCUT2D eigenvalue weighted by Crippen LogP contribution is 2.41. The summed E-state index contributed by atoms with van der Waals surface area (Å²) in [6, 6.07) is 11.4. The molecule has 3 fully saturated rings. The van der Waals surface area contributed by atoms with Gasteiger partial charge in [0.2, 0.25) is 0 Å². The number of piperazine rings is 1. The Morgan fingerprint density at radius 3 is 2.81 bits per heavy atom. The SMILES string of the molecule is Cc1cccnc1C1CCCC(c2cn3c(N4CCNC5(CC5)C4)cccc3n2)N1C. The van der Waals surface area contributed by atoms with E-state index in [1.807, 2.05) is 12.3 Å². The predicted octanol–water partition coefficient (Wildman–Crippen LogP) is 3.88. The lowest BCUT2D eigenvalue weighted by Crippen LogP contribution is -2.53. The molecule has 1 N–H and O–H groups in total. The molecular formula is C25H32N6. The Bertz CT molecular complexity index is 1100. The highest BCUT2D eigenvalue weighted by atomic mass is 15.3. The van der Waals surface area contributed by atoms with E-state index in [-0.39, 0.29) is 0 Å². The molecule has 2 saturated heterocycles. The van der Waals surface area contributed by atoms with Gasteiger partial charge in [0, 0.05) is 37.6 Å². The molecule has 162 valence electrons. The quantitative estimate of drug-likeness (QED) is 0.702. The molecule has 6 heteroatoms. The van der Waals surface area contributed by atoms with E-state index < -0.39 is 0 Å². The van der Waals surface area contributed by atoms with Crippen molar-refractivity contribution in [2.45, 2.75) is 56.7 Å². The van der Waals surface area contributed by atoms with Gasteiger partial charge < -0.3 is 10.2 Å². The van der Waals surface area contributed by atoms with E-state index in [1.165, 1.54) is 42.0 Å². The van der Waals surface area contributed by atoms with Crippen LogP contribution in [0.3, 0.4) is 0 Å². The number of aromatic nitrogens is 3. The zero-order chi connectivity index (χ0) is 21.0. The normalized spacial score (nSPS) is 25.9. The number of hydrogen-bond donors (Lipinski definition) is 1. The maximum Gasteiger partial charge on any atom is 0.138 e. The van der Waals surface area contributed by atoms with Gasteiger partial charge in [-0.15, -0.1) is 0 Å². The maximum atomic E-state index is 5.10. The van der Waals surface area contributed by atoms with Crippen molar-refractivity contribution >= 4 is 11.5 Å². The van der Waals surface area contributed by atoms with Gasteiger partial charge in [-0.05, 0) is 69.8 Å². The van der Waals surface area contributed by atoms with Crippen molar-refractivity contribution in [3.63, 3.8) is 0 Å². The predicted molar refractivity (Wildman–Crippen MR) is 123 cm³/mol. The molecule has 6 nitrogen and oxygen atoms in total. The molecule has 1 saturated carbocycles. The minimum atomic E-state index is 0.325. The molecule has 5 heterocycles. The molecule has 3 aromatic rings. The molecule has 1 spiro atoms. The summed E-state index contributed by atoms with van der Waals surface area (Å²) >= 11 is 0. The van der Waals surface area contributed by atoms with Crippen LogP contribution in [-0.2, 0) is 0 Å². The zero-order valence-corrected chi connectivity index (χ0v) is 18.6. The van der Waals surface area contributed by atoms with Crippen molar-refractivity contribution in [3.8, 4) is 0 Å². The number of pyridine rings is 2. The van der Waals surface area contributed by atoms with Gasteiger partial charge in [0.15, 0.2) is 0 Å². The van der Waals surface area contributed by atoms with Gasteiger partial charge in [0.1, 0.15) is 11.5 Å². The molecule has 6 rings (SSSR count). The molecule has 2 atom stereocenters. The van der Waals surface area contributed by atoms with E-state index in [0.717, 1.165) is 38.1 Å². The molecule has 0 bridgehead atoms. The summed E-state index contributed by atoms with van der Waals surface area (Å²) in [5.74, 6) is 1.28. The van der Waals surface area contributed by atoms with Gasteiger partial charge >= 0.3 is 0 Å². The van der Waals surface area contributed by atoms with Crippen LogP contribution in [0.5, 0.6) is 0 Å². The van der Waals surface area contributed by atoms with Crippen LogP contribution >= 0.6 is 0 Å². The first-order valence-electron chi connectivity index (χ1n) is 11.8. The highest BCUT2D eigenvalue weighted by Gasteiger charge is 2.45. The van der Waals surface area contributed by atoms with Crippen LogP contribution in [0.25, 0.3) is 5.65 Å². The first kappa shape index (κ1) is 19.3. The van der Waals surface area contributed by atoms with Crippen LogP contribution in [0.15, 0.2) is 42.7 Å². The second kappa shape index (κ2) is 7.31. The van der Waals surface area contributed by atoms with E-state index in [9.17, 15) is 0 Å².